The van der Waals surface area contributed by atoms with Crippen LogP contribution in [0.15, 0.2) is 23.7 Å². The number of nitrogens with zero attached hydrogens (tertiary/aromatic N) is 2. The second-order valence-corrected chi connectivity index (χ2v) is 4.16. The summed E-state index contributed by atoms with van der Waals surface area (Å²) >= 11 is 1.16. The molecule has 0 saturated carbocycles. The number of anilines is 1. The Kier molecular flexibility index (Phi) is 3.78. The fourth-order valence-corrected chi connectivity index (χ4v) is 1.70. The number of urea groups is 1. The number of nitrogens with one attached hydrogen (secondary N) is 2. The number of halogens is 2. The standard InChI is InChI=1S/C10H8F2N4OS/c11-7-1-6(2-8(12)3-7)4-13-9(17)15-10-16-14-5-18-10/h1-3,5H,4H2,(H2,13,15,16,17). The zero-order valence-electron chi connectivity index (χ0n) is 8.98. The van der Waals surface area contributed by atoms with Crippen LogP contribution in [0.3, 0.4) is 0 Å². The Morgan fingerprint density at radius 3 is 2.61 bits per heavy atom. The number of benzene rings is 1. The van der Waals surface area contributed by atoms with Crippen molar-refractivity contribution in [3.05, 3.63) is 40.9 Å². The predicted octanol–water partition coefficient (Wildman–Crippen LogP) is 2.14. The van der Waals surface area contributed by atoms with Gasteiger partial charge in [-0.25, -0.2) is 13.6 Å². The smallest absolute Gasteiger partial charge is 0.321 e. The van der Waals surface area contributed by atoms with Crippen molar-refractivity contribution in [2.45, 2.75) is 6.54 Å². The van der Waals surface area contributed by atoms with E-state index in [1.165, 1.54) is 5.51 Å². The summed E-state index contributed by atoms with van der Waals surface area (Å²) in [6.45, 7) is 0.0132. The van der Waals surface area contributed by atoms with Crippen LogP contribution in [0.5, 0.6) is 0 Å². The number of aromatic nitrogens is 2. The molecule has 94 valence electrons. The minimum absolute atomic E-state index is 0.0132. The molecule has 0 radical (unpaired) electrons. The normalized spacial score (nSPS) is 10.1. The van der Waals surface area contributed by atoms with Crippen molar-refractivity contribution in [2.24, 2.45) is 0 Å². The molecule has 2 N–H and O–H groups in total. The molecule has 0 spiro atoms. The fourth-order valence-electron chi connectivity index (χ4n) is 1.26. The van der Waals surface area contributed by atoms with Crippen LogP contribution in [0.2, 0.25) is 0 Å². The van der Waals surface area contributed by atoms with E-state index in [4.69, 9.17) is 0 Å². The second kappa shape index (κ2) is 5.50. The molecule has 8 heteroatoms. The van der Waals surface area contributed by atoms with E-state index in [-0.39, 0.29) is 6.54 Å². The zero-order chi connectivity index (χ0) is 13.0. The SMILES string of the molecule is O=C(NCc1cc(F)cc(F)c1)Nc1nncs1. The van der Waals surface area contributed by atoms with Crippen molar-refractivity contribution in [1.29, 1.82) is 0 Å². The largest absolute Gasteiger partial charge is 0.334 e. The maximum Gasteiger partial charge on any atom is 0.321 e. The molecule has 0 atom stereocenters. The van der Waals surface area contributed by atoms with Gasteiger partial charge in [0.2, 0.25) is 5.13 Å². The highest BCUT2D eigenvalue weighted by Gasteiger charge is 2.05. The molecule has 0 saturated heterocycles. The molecular weight excluding hydrogens is 262 g/mol. The summed E-state index contributed by atoms with van der Waals surface area (Å²) < 4.78 is 25.7. The molecule has 0 aliphatic carbocycles. The van der Waals surface area contributed by atoms with Gasteiger partial charge in [0.15, 0.2) is 0 Å². The van der Waals surface area contributed by atoms with Crippen LogP contribution in [0.25, 0.3) is 0 Å². The van der Waals surface area contributed by atoms with Crippen molar-refractivity contribution in [2.75, 3.05) is 5.32 Å². The van der Waals surface area contributed by atoms with Crippen LogP contribution in [0, 0.1) is 11.6 Å². The maximum atomic E-state index is 12.9. The van der Waals surface area contributed by atoms with E-state index in [0.29, 0.717) is 10.7 Å². The molecule has 1 aromatic heterocycles. The van der Waals surface area contributed by atoms with Crippen molar-refractivity contribution in [3.63, 3.8) is 0 Å². The van der Waals surface area contributed by atoms with Gasteiger partial charge in [-0.2, -0.15) is 0 Å². The van der Waals surface area contributed by atoms with Crippen LogP contribution in [0.4, 0.5) is 18.7 Å². The van der Waals surface area contributed by atoms with Crippen LogP contribution in [-0.2, 0) is 6.54 Å². The first-order chi connectivity index (χ1) is 8.63. The summed E-state index contributed by atoms with van der Waals surface area (Å²) in [6, 6.07) is 2.55. The molecular formula is C10H8F2N4OS. The topological polar surface area (TPSA) is 66.9 Å². The van der Waals surface area contributed by atoms with Gasteiger partial charge < -0.3 is 5.32 Å². The summed E-state index contributed by atoms with van der Waals surface area (Å²) in [5.41, 5.74) is 1.80. The van der Waals surface area contributed by atoms with Crippen molar-refractivity contribution >= 4 is 22.5 Å². The number of carbonyl (C=O) groups is 1. The van der Waals surface area contributed by atoms with Gasteiger partial charge in [-0.1, -0.05) is 11.3 Å². The lowest BCUT2D eigenvalue weighted by Gasteiger charge is -2.05. The van der Waals surface area contributed by atoms with E-state index in [0.717, 1.165) is 29.5 Å². The van der Waals surface area contributed by atoms with Gasteiger partial charge in [0, 0.05) is 12.6 Å². The first-order valence-corrected chi connectivity index (χ1v) is 5.77. The van der Waals surface area contributed by atoms with Gasteiger partial charge >= 0.3 is 6.03 Å². The maximum absolute atomic E-state index is 12.9. The number of hydrogen-bond acceptors (Lipinski definition) is 4. The summed E-state index contributed by atoms with van der Waals surface area (Å²) in [7, 11) is 0. The molecule has 0 aliphatic heterocycles. The molecule has 1 heterocycles. The van der Waals surface area contributed by atoms with Gasteiger partial charge in [-0.15, -0.1) is 10.2 Å². The Hall–Kier alpha value is -2.09. The highest BCUT2D eigenvalue weighted by molar-refractivity contribution is 7.13. The van der Waals surface area contributed by atoms with Gasteiger partial charge in [0.1, 0.15) is 17.1 Å². The van der Waals surface area contributed by atoms with E-state index in [2.05, 4.69) is 20.8 Å². The lowest BCUT2D eigenvalue weighted by atomic mass is 10.2. The minimum Gasteiger partial charge on any atom is -0.334 e. The Morgan fingerprint density at radius 2 is 2.00 bits per heavy atom. The number of carbonyl (C=O) groups excluding carboxylic acids is 1. The van der Waals surface area contributed by atoms with Gasteiger partial charge in [0.25, 0.3) is 0 Å². The minimum atomic E-state index is -0.684. The Balaban J connectivity index is 1.89. The van der Waals surface area contributed by atoms with E-state index in [9.17, 15) is 13.6 Å². The molecule has 5 nitrogen and oxygen atoms in total. The summed E-state index contributed by atoms with van der Waals surface area (Å²) in [4.78, 5) is 11.4. The van der Waals surface area contributed by atoms with Crippen LogP contribution in [-0.4, -0.2) is 16.2 Å². The van der Waals surface area contributed by atoms with Crippen molar-refractivity contribution in [1.82, 2.24) is 15.5 Å². The summed E-state index contributed by atoms with van der Waals surface area (Å²) in [5, 5.41) is 12.4. The average molecular weight is 270 g/mol. The molecule has 0 aliphatic rings. The van der Waals surface area contributed by atoms with Crippen molar-refractivity contribution < 1.29 is 13.6 Å². The molecule has 0 fully saturated rings. The Morgan fingerprint density at radius 1 is 1.28 bits per heavy atom. The van der Waals surface area contributed by atoms with Gasteiger partial charge in [-0.3, -0.25) is 5.32 Å². The van der Waals surface area contributed by atoms with Crippen molar-refractivity contribution in [3.8, 4) is 0 Å². The van der Waals surface area contributed by atoms with Gasteiger partial charge in [0.05, 0.1) is 0 Å². The molecule has 2 rings (SSSR count). The molecule has 0 unspecified atom stereocenters. The Labute approximate surface area is 105 Å². The highest BCUT2D eigenvalue weighted by Crippen LogP contribution is 2.09. The monoisotopic (exact) mass is 270 g/mol. The van der Waals surface area contributed by atoms with E-state index in [1.54, 1.807) is 0 Å². The zero-order valence-corrected chi connectivity index (χ0v) is 9.80. The first-order valence-electron chi connectivity index (χ1n) is 4.89. The fraction of sp³-hybridized carbons (Fsp3) is 0.100. The molecule has 0 bridgehead atoms. The Bertz CT molecular complexity index is 527. The third kappa shape index (κ3) is 3.45. The number of rotatable bonds is 3. The van der Waals surface area contributed by atoms with Crippen LogP contribution >= 0.6 is 11.3 Å². The first kappa shape index (κ1) is 12.4. The van der Waals surface area contributed by atoms with E-state index < -0.39 is 17.7 Å². The number of hydrogen-bond donors (Lipinski definition) is 2. The van der Waals surface area contributed by atoms with E-state index >= 15 is 0 Å². The quantitative estimate of drug-likeness (QED) is 0.898. The predicted molar refractivity (Wildman–Crippen MR) is 62.1 cm³/mol. The van der Waals surface area contributed by atoms with Crippen LogP contribution < -0.4 is 10.6 Å². The molecule has 2 aromatic rings. The van der Waals surface area contributed by atoms with Crippen LogP contribution in [0.1, 0.15) is 5.56 Å². The second-order valence-electron chi connectivity index (χ2n) is 3.33. The average Bonchev–Trinajstić information content (AvgIpc) is 2.78. The lowest BCUT2D eigenvalue weighted by Crippen LogP contribution is -2.28. The lowest BCUT2D eigenvalue weighted by molar-refractivity contribution is 0.251. The number of amides is 2. The summed E-state index contributed by atoms with van der Waals surface area (Å²) in [5.74, 6) is -1.37. The third-order valence-electron chi connectivity index (χ3n) is 1.96. The molecule has 2 amide bonds. The third-order valence-corrected chi connectivity index (χ3v) is 2.56. The molecule has 1 aromatic carbocycles. The highest BCUT2D eigenvalue weighted by atomic mass is 32.1. The van der Waals surface area contributed by atoms with Gasteiger partial charge in [-0.05, 0) is 17.7 Å². The molecule has 18 heavy (non-hydrogen) atoms. The van der Waals surface area contributed by atoms with E-state index in [1.807, 2.05) is 0 Å². The summed E-state index contributed by atoms with van der Waals surface area (Å²) in [6.07, 6.45) is 0.